The molecule has 0 bridgehead atoms. The Labute approximate surface area is 150 Å². The first-order chi connectivity index (χ1) is 12.6. The monoisotopic (exact) mass is 346 g/mol. The van der Waals surface area contributed by atoms with Crippen LogP contribution in [0.2, 0.25) is 0 Å². The van der Waals surface area contributed by atoms with Crippen LogP contribution in [0.5, 0.6) is 5.75 Å². The number of benzene rings is 3. The number of ether oxygens (including phenoxy) is 1. The van der Waals surface area contributed by atoms with Crippen molar-refractivity contribution in [1.82, 2.24) is 10.9 Å². The molecule has 4 rings (SSSR count). The molecular formula is C21H18N2O3. The number of hydrogen-bond donors (Lipinski definition) is 2. The molecule has 0 saturated heterocycles. The molecule has 2 N–H and O–H groups in total. The predicted molar refractivity (Wildman–Crippen MR) is 98.9 cm³/mol. The van der Waals surface area contributed by atoms with Crippen molar-refractivity contribution in [3.63, 3.8) is 0 Å². The van der Waals surface area contributed by atoms with Crippen molar-refractivity contribution in [2.24, 2.45) is 0 Å². The zero-order valence-electron chi connectivity index (χ0n) is 14.3. The highest BCUT2D eigenvalue weighted by Crippen LogP contribution is 2.34. The third-order valence-electron chi connectivity index (χ3n) is 4.56. The minimum absolute atomic E-state index is 0.362. The number of rotatable bonds is 2. The summed E-state index contributed by atoms with van der Waals surface area (Å²) in [5.41, 5.74) is 7.47. The lowest BCUT2D eigenvalue weighted by Crippen LogP contribution is -2.47. The molecule has 2 amide bonds. The Balaban J connectivity index is 1.42. The van der Waals surface area contributed by atoms with Gasteiger partial charge in [-0.05, 0) is 35.9 Å². The molecule has 3 aromatic carbocycles. The van der Waals surface area contributed by atoms with E-state index in [2.05, 4.69) is 10.9 Å². The summed E-state index contributed by atoms with van der Waals surface area (Å²) in [6.07, 6.45) is -0.183. The quantitative estimate of drug-likeness (QED) is 0.701. The second kappa shape index (κ2) is 6.52. The minimum Gasteiger partial charge on any atom is -0.480 e. The fourth-order valence-corrected chi connectivity index (χ4v) is 3.14. The van der Waals surface area contributed by atoms with Crippen molar-refractivity contribution in [2.45, 2.75) is 19.4 Å². The van der Waals surface area contributed by atoms with Gasteiger partial charge in [-0.25, -0.2) is 0 Å². The van der Waals surface area contributed by atoms with Crippen LogP contribution in [0.25, 0.3) is 10.8 Å². The fraction of sp³-hybridized carbons (Fsp3) is 0.143. The summed E-state index contributed by atoms with van der Waals surface area (Å²) in [5, 5.41) is 2.20. The maximum Gasteiger partial charge on any atom is 0.279 e. The van der Waals surface area contributed by atoms with Crippen LogP contribution in [0.15, 0.2) is 60.7 Å². The fourth-order valence-electron chi connectivity index (χ4n) is 3.14. The molecule has 0 saturated carbocycles. The van der Waals surface area contributed by atoms with Crippen LogP contribution >= 0.6 is 0 Å². The number of amides is 2. The largest absolute Gasteiger partial charge is 0.480 e. The molecule has 0 fully saturated rings. The lowest BCUT2D eigenvalue weighted by Gasteiger charge is -2.12. The maximum atomic E-state index is 12.4. The molecule has 5 heteroatoms. The molecule has 1 aliphatic rings. The summed E-state index contributed by atoms with van der Waals surface area (Å²) in [4.78, 5) is 24.5. The van der Waals surface area contributed by atoms with Gasteiger partial charge in [-0.1, -0.05) is 48.0 Å². The van der Waals surface area contributed by atoms with E-state index >= 15 is 0 Å². The molecule has 0 aromatic heterocycles. The topological polar surface area (TPSA) is 67.4 Å². The van der Waals surface area contributed by atoms with Gasteiger partial charge >= 0.3 is 0 Å². The first-order valence-corrected chi connectivity index (χ1v) is 8.46. The van der Waals surface area contributed by atoms with Gasteiger partial charge < -0.3 is 4.74 Å². The van der Waals surface area contributed by atoms with Crippen LogP contribution < -0.4 is 15.6 Å². The van der Waals surface area contributed by atoms with E-state index in [4.69, 9.17) is 4.74 Å². The number of carbonyl (C=O) groups is 2. The third kappa shape index (κ3) is 2.99. The van der Waals surface area contributed by atoms with Gasteiger partial charge in [0.15, 0.2) is 6.10 Å². The highest BCUT2D eigenvalue weighted by Gasteiger charge is 2.30. The number of carbonyl (C=O) groups excluding carboxylic acids is 2. The van der Waals surface area contributed by atoms with Gasteiger partial charge in [-0.3, -0.25) is 20.4 Å². The zero-order chi connectivity index (χ0) is 18.1. The van der Waals surface area contributed by atoms with Crippen LogP contribution in [0.4, 0.5) is 0 Å². The summed E-state index contributed by atoms with van der Waals surface area (Å²) in [5.74, 6) is -0.0150. The first-order valence-electron chi connectivity index (χ1n) is 8.46. The molecule has 130 valence electrons. The predicted octanol–water partition coefficient (Wildman–Crippen LogP) is 2.91. The highest BCUT2D eigenvalue weighted by atomic mass is 16.5. The van der Waals surface area contributed by atoms with E-state index in [1.54, 1.807) is 12.1 Å². The van der Waals surface area contributed by atoms with E-state index in [-0.39, 0.29) is 11.8 Å². The molecule has 1 aliphatic heterocycles. The van der Waals surface area contributed by atoms with Crippen LogP contribution in [0.3, 0.4) is 0 Å². The molecule has 26 heavy (non-hydrogen) atoms. The SMILES string of the molecule is Cc1ccc(C(=O)NNC(=O)[C@@H]2Cc3c(ccc4ccccc34)O2)cc1. The summed E-state index contributed by atoms with van der Waals surface area (Å²) >= 11 is 0. The van der Waals surface area contributed by atoms with E-state index in [1.807, 2.05) is 55.5 Å². The Bertz CT molecular complexity index is 996. The van der Waals surface area contributed by atoms with Crippen LogP contribution in [-0.2, 0) is 11.2 Å². The van der Waals surface area contributed by atoms with Gasteiger partial charge in [0.2, 0.25) is 0 Å². The van der Waals surface area contributed by atoms with E-state index in [0.717, 1.165) is 21.9 Å². The van der Waals surface area contributed by atoms with Crippen molar-refractivity contribution in [3.8, 4) is 5.75 Å². The van der Waals surface area contributed by atoms with Crippen molar-refractivity contribution in [3.05, 3.63) is 77.4 Å². The van der Waals surface area contributed by atoms with Crippen molar-refractivity contribution >= 4 is 22.6 Å². The van der Waals surface area contributed by atoms with Crippen LogP contribution in [0, 0.1) is 6.92 Å². The zero-order valence-corrected chi connectivity index (χ0v) is 14.3. The molecule has 0 radical (unpaired) electrons. The minimum atomic E-state index is -0.658. The lowest BCUT2D eigenvalue weighted by atomic mass is 10.0. The molecule has 3 aromatic rings. The smallest absolute Gasteiger partial charge is 0.279 e. The first kappa shape index (κ1) is 16.1. The van der Waals surface area contributed by atoms with Crippen LogP contribution in [-0.4, -0.2) is 17.9 Å². The summed E-state index contributed by atoms with van der Waals surface area (Å²) < 4.78 is 5.77. The van der Waals surface area contributed by atoms with Crippen molar-refractivity contribution in [2.75, 3.05) is 0 Å². The standard InChI is InChI=1S/C21H18N2O3/c1-13-6-8-15(9-7-13)20(24)22-23-21(25)19-12-17-16-5-3-2-4-14(16)10-11-18(17)26-19/h2-11,19H,12H2,1H3,(H,22,24)(H,23,25)/t19-/m0/s1. The van der Waals surface area contributed by atoms with E-state index in [1.165, 1.54) is 0 Å². The van der Waals surface area contributed by atoms with Gasteiger partial charge in [0.1, 0.15) is 5.75 Å². The maximum absolute atomic E-state index is 12.4. The summed E-state index contributed by atoms with van der Waals surface area (Å²) in [6, 6.07) is 19.0. The molecular weight excluding hydrogens is 328 g/mol. The molecule has 5 nitrogen and oxygen atoms in total. The Kier molecular flexibility index (Phi) is 4.05. The molecule has 0 aliphatic carbocycles. The Morgan fingerprint density at radius 2 is 1.73 bits per heavy atom. The number of nitrogens with one attached hydrogen (secondary N) is 2. The number of aryl methyl sites for hydroxylation is 1. The summed E-state index contributed by atoms with van der Waals surface area (Å²) in [6.45, 7) is 1.95. The number of fused-ring (bicyclic) bond motifs is 3. The van der Waals surface area contributed by atoms with Gasteiger partial charge in [0.05, 0.1) is 0 Å². The van der Waals surface area contributed by atoms with Gasteiger partial charge in [-0.2, -0.15) is 0 Å². The second-order valence-electron chi connectivity index (χ2n) is 6.38. The Morgan fingerprint density at radius 3 is 2.54 bits per heavy atom. The average Bonchev–Trinajstić information content (AvgIpc) is 3.11. The van der Waals surface area contributed by atoms with E-state index < -0.39 is 6.10 Å². The Morgan fingerprint density at radius 1 is 0.962 bits per heavy atom. The highest BCUT2D eigenvalue weighted by molar-refractivity contribution is 5.96. The Hall–Kier alpha value is -3.34. The second-order valence-corrected chi connectivity index (χ2v) is 6.38. The van der Waals surface area contributed by atoms with E-state index in [0.29, 0.717) is 17.7 Å². The van der Waals surface area contributed by atoms with Gasteiger partial charge in [-0.15, -0.1) is 0 Å². The van der Waals surface area contributed by atoms with Gasteiger partial charge in [0.25, 0.3) is 11.8 Å². The van der Waals surface area contributed by atoms with Gasteiger partial charge in [0, 0.05) is 17.5 Å². The van der Waals surface area contributed by atoms with Crippen LogP contribution in [0.1, 0.15) is 21.5 Å². The number of hydrazine groups is 1. The third-order valence-corrected chi connectivity index (χ3v) is 4.56. The average molecular weight is 346 g/mol. The molecule has 0 unspecified atom stereocenters. The van der Waals surface area contributed by atoms with E-state index in [9.17, 15) is 9.59 Å². The lowest BCUT2D eigenvalue weighted by molar-refractivity contribution is -0.128. The van der Waals surface area contributed by atoms with Crippen molar-refractivity contribution in [1.29, 1.82) is 0 Å². The number of hydrogen-bond acceptors (Lipinski definition) is 3. The normalized spacial score (nSPS) is 15.2. The summed E-state index contributed by atoms with van der Waals surface area (Å²) in [7, 11) is 0. The molecule has 1 heterocycles. The van der Waals surface area contributed by atoms with Crippen molar-refractivity contribution < 1.29 is 14.3 Å². The molecule has 0 spiro atoms. The molecule has 1 atom stereocenters.